The standard InChI is InChI=1S/C17H18O/c1-4-14-10-9-13(3)16(11-14)17(18)15-8-6-5-7-12(15)2/h5-11H,4H2,1-3H3. The van der Waals surface area contributed by atoms with Crippen molar-refractivity contribution in [1.82, 2.24) is 0 Å². The van der Waals surface area contributed by atoms with Gasteiger partial charge in [-0.25, -0.2) is 0 Å². The van der Waals surface area contributed by atoms with Crippen LogP contribution >= 0.6 is 0 Å². The van der Waals surface area contributed by atoms with Gasteiger partial charge in [0.2, 0.25) is 0 Å². The molecule has 2 aromatic carbocycles. The van der Waals surface area contributed by atoms with Crippen LogP contribution in [0, 0.1) is 13.8 Å². The molecule has 0 fully saturated rings. The van der Waals surface area contributed by atoms with Crippen molar-refractivity contribution >= 4 is 5.78 Å². The Morgan fingerprint density at radius 1 is 0.944 bits per heavy atom. The lowest BCUT2D eigenvalue weighted by atomic mass is 9.94. The summed E-state index contributed by atoms with van der Waals surface area (Å²) < 4.78 is 0. The SMILES string of the molecule is CCc1ccc(C)c(C(=O)c2ccccc2C)c1. The fourth-order valence-electron chi connectivity index (χ4n) is 2.11. The molecule has 18 heavy (non-hydrogen) atoms. The van der Waals surface area contributed by atoms with Gasteiger partial charge in [0.05, 0.1) is 0 Å². The monoisotopic (exact) mass is 238 g/mol. The van der Waals surface area contributed by atoms with Crippen molar-refractivity contribution in [3.05, 3.63) is 70.3 Å². The van der Waals surface area contributed by atoms with Gasteiger partial charge < -0.3 is 0 Å². The molecule has 0 saturated heterocycles. The van der Waals surface area contributed by atoms with Gasteiger partial charge in [0.1, 0.15) is 0 Å². The lowest BCUT2D eigenvalue weighted by Gasteiger charge is -2.09. The molecule has 0 unspecified atom stereocenters. The van der Waals surface area contributed by atoms with E-state index >= 15 is 0 Å². The first-order chi connectivity index (χ1) is 8.63. The van der Waals surface area contributed by atoms with Gasteiger partial charge in [0.25, 0.3) is 0 Å². The van der Waals surface area contributed by atoms with Crippen LogP contribution in [-0.2, 0) is 6.42 Å². The predicted octanol–water partition coefficient (Wildman–Crippen LogP) is 4.10. The molecule has 0 amide bonds. The van der Waals surface area contributed by atoms with E-state index in [0.29, 0.717) is 0 Å². The summed E-state index contributed by atoms with van der Waals surface area (Å²) in [6.45, 7) is 6.07. The summed E-state index contributed by atoms with van der Waals surface area (Å²) in [4.78, 5) is 12.6. The molecule has 0 spiro atoms. The summed E-state index contributed by atoms with van der Waals surface area (Å²) in [7, 11) is 0. The first-order valence-electron chi connectivity index (χ1n) is 6.33. The third-order valence-corrected chi connectivity index (χ3v) is 3.34. The van der Waals surface area contributed by atoms with Gasteiger partial charge in [0, 0.05) is 11.1 Å². The minimum absolute atomic E-state index is 0.126. The predicted molar refractivity (Wildman–Crippen MR) is 75.2 cm³/mol. The van der Waals surface area contributed by atoms with Crippen LogP contribution in [0.2, 0.25) is 0 Å². The molecule has 2 rings (SSSR count). The van der Waals surface area contributed by atoms with Gasteiger partial charge in [-0.2, -0.15) is 0 Å². The van der Waals surface area contributed by atoms with Gasteiger partial charge in [-0.15, -0.1) is 0 Å². The second-order valence-corrected chi connectivity index (χ2v) is 4.65. The van der Waals surface area contributed by atoms with Crippen molar-refractivity contribution in [1.29, 1.82) is 0 Å². The fourth-order valence-corrected chi connectivity index (χ4v) is 2.11. The van der Waals surface area contributed by atoms with E-state index in [1.165, 1.54) is 5.56 Å². The first-order valence-corrected chi connectivity index (χ1v) is 6.33. The zero-order valence-electron chi connectivity index (χ0n) is 11.2. The Hall–Kier alpha value is -1.89. The summed E-state index contributed by atoms with van der Waals surface area (Å²) >= 11 is 0. The Bertz CT molecular complexity index is 582. The zero-order chi connectivity index (χ0) is 13.1. The smallest absolute Gasteiger partial charge is 0.193 e. The maximum Gasteiger partial charge on any atom is 0.193 e. The minimum Gasteiger partial charge on any atom is -0.289 e. The lowest BCUT2D eigenvalue weighted by Crippen LogP contribution is -2.06. The molecule has 92 valence electrons. The molecule has 0 radical (unpaired) electrons. The molecule has 0 aliphatic carbocycles. The Labute approximate surface area is 108 Å². The van der Waals surface area contributed by atoms with Crippen LogP contribution in [-0.4, -0.2) is 5.78 Å². The van der Waals surface area contributed by atoms with Crippen molar-refractivity contribution in [3.63, 3.8) is 0 Å². The highest BCUT2D eigenvalue weighted by Crippen LogP contribution is 2.18. The summed E-state index contributed by atoms with van der Waals surface area (Å²) in [5.41, 5.74) is 4.90. The number of aryl methyl sites for hydroxylation is 3. The molecule has 0 saturated carbocycles. The molecule has 0 N–H and O–H groups in total. The van der Waals surface area contributed by atoms with Crippen LogP contribution in [0.4, 0.5) is 0 Å². The number of ketones is 1. The number of hydrogen-bond acceptors (Lipinski definition) is 1. The van der Waals surface area contributed by atoms with Crippen LogP contribution in [0.5, 0.6) is 0 Å². The zero-order valence-corrected chi connectivity index (χ0v) is 11.2. The molecule has 2 aromatic rings. The molecule has 1 heteroatoms. The van der Waals surface area contributed by atoms with Crippen LogP contribution in [0.15, 0.2) is 42.5 Å². The second-order valence-electron chi connectivity index (χ2n) is 4.65. The summed E-state index contributed by atoms with van der Waals surface area (Å²) in [6, 6.07) is 13.9. The maximum absolute atomic E-state index is 12.6. The molecule has 0 aliphatic rings. The van der Waals surface area contributed by atoms with Crippen LogP contribution in [0.3, 0.4) is 0 Å². The van der Waals surface area contributed by atoms with Crippen molar-refractivity contribution in [2.45, 2.75) is 27.2 Å². The van der Waals surface area contributed by atoms with Gasteiger partial charge in [-0.3, -0.25) is 4.79 Å². The van der Waals surface area contributed by atoms with Crippen molar-refractivity contribution in [2.24, 2.45) is 0 Å². The van der Waals surface area contributed by atoms with E-state index in [2.05, 4.69) is 13.0 Å². The summed E-state index contributed by atoms with van der Waals surface area (Å²) in [6.07, 6.45) is 0.953. The van der Waals surface area contributed by atoms with Crippen LogP contribution in [0.25, 0.3) is 0 Å². The Balaban J connectivity index is 2.49. The average molecular weight is 238 g/mol. The highest BCUT2D eigenvalue weighted by molar-refractivity contribution is 6.10. The molecule has 0 aromatic heterocycles. The molecular formula is C17H18O. The first kappa shape index (κ1) is 12.6. The topological polar surface area (TPSA) is 17.1 Å². The number of rotatable bonds is 3. The summed E-state index contributed by atoms with van der Waals surface area (Å²) in [5, 5.41) is 0. The Morgan fingerprint density at radius 2 is 1.61 bits per heavy atom. The van der Waals surface area contributed by atoms with E-state index in [1.54, 1.807) is 0 Å². The largest absolute Gasteiger partial charge is 0.289 e. The van der Waals surface area contributed by atoms with Crippen molar-refractivity contribution in [3.8, 4) is 0 Å². The van der Waals surface area contributed by atoms with Crippen molar-refractivity contribution < 1.29 is 4.79 Å². The minimum atomic E-state index is 0.126. The quantitative estimate of drug-likeness (QED) is 0.736. The van der Waals surface area contributed by atoms with E-state index in [0.717, 1.165) is 28.7 Å². The van der Waals surface area contributed by atoms with Gasteiger partial charge in [-0.05, 0) is 43.0 Å². The third-order valence-electron chi connectivity index (χ3n) is 3.34. The van der Waals surface area contributed by atoms with E-state index in [9.17, 15) is 4.79 Å². The molecule has 0 heterocycles. The van der Waals surface area contributed by atoms with E-state index in [-0.39, 0.29) is 5.78 Å². The van der Waals surface area contributed by atoms with E-state index < -0.39 is 0 Å². The molecule has 0 aliphatic heterocycles. The molecular weight excluding hydrogens is 220 g/mol. The van der Waals surface area contributed by atoms with Crippen molar-refractivity contribution in [2.75, 3.05) is 0 Å². The second kappa shape index (κ2) is 5.18. The fraction of sp³-hybridized carbons (Fsp3) is 0.235. The lowest BCUT2D eigenvalue weighted by molar-refractivity contribution is 0.103. The normalized spacial score (nSPS) is 10.4. The van der Waals surface area contributed by atoms with Crippen LogP contribution in [0.1, 0.15) is 39.5 Å². The number of carbonyl (C=O) groups is 1. The highest BCUT2D eigenvalue weighted by Gasteiger charge is 2.13. The molecule has 0 atom stereocenters. The number of benzene rings is 2. The summed E-state index contributed by atoms with van der Waals surface area (Å²) in [5.74, 6) is 0.126. The van der Waals surface area contributed by atoms with E-state index in [1.807, 2.05) is 50.2 Å². The Morgan fingerprint density at radius 3 is 2.28 bits per heavy atom. The van der Waals surface area contributed by atoms with Crippen LogP contribution < -0.4 is 0 Å². The van der Waals surface area contributed by atoms with E-state index in [4.69, 9.17) is 0 Å². The number of hydrogen-bond donors (Lipinski definition) is 0. The van der Waals surface area contributed by atoms with Gasteiger partial charge >= 0.3 is 0 Å². The number of carbonyl (C=O) groups excluding carboxylic acids is 1. The van der Waals surface area contributed by atoms with Gasteiger partial charge in [-0.1, -0.05) is 43.3 Å². The molecule has 0 bridgehead atoms. The molecule has 1 nitrogen and oxygen atoms in total. The highest BCUT2D eigenvalue weighted by atomic mass is 16.1. The Kier molecular flexibility index (Phi) is 3.61. The van der Waals surface area contributed by atoms with Gasteiger partial charge in [0.15, 0.2) is 5.78 Å². The maximum atomic E-state index is 12.6. The average Bonchev–Trinajstić information content (AvgIpc) is 2.39. The third kappa shape index (κ3) is 2.35.